The molecule has 2 aliphatic rings. The van der Waals surface area contributed by atoms with E-state index in [9.17, 15) is 28.0 Å². The minimum Gasteiger partial charge on any atom is -0.494 e. The summed E-state index contributed by atoms with van der Waals surface area (Å²) in [7, 11) is -1.94. The average Bonchev–Trinajstić information content (AvgIpc) is 3.65. The number of nitrogens with one attached hydrogen (secondary N) is 2. The summed E-state index contributed by atoms with van der Waals surface area (Å²) in [6.07, 6.45) is 1.43. The van der Waals surface area contributed by atoms with Gasteiger partial charge >= 0.3 is 5.66 Å². The van der Waals surface area contributed by atoms with Crippen LogP contribution in [0.3, 0.4) is 0 Å². The number of aromatic nitrogens is 1. The highest BCUT2D eigenvalue weighted by Gasteiger charge is 2.46. The fourth-order valence-electron chi connectivity index (χ4n) is 6.09. The number of fused-ring (bicyclic) bond motifs is 2. The van der Waals surface area contributed by atoms with E-state index < -0.39 is 43.5 Å². The monoisotopic (exact) mass is 659 g/mol. The van der Waals surface area contributed by atoms with E-state index in [2.05, 4.69) is 10.3 Å². The van der Waals surface area contributed by atoms with Gasteiger partial charge in [-0.3, -0.25) is 19.2 Å². The zero-order valence-corrected chi connectivity index (χ0v) is 26.5. The number of rotatable bonds is 8. The molecule has 246 valence electrons. The average molecular weight is 660 g/mol. The van der Waals surface area contributed by atoms with Crippen LogP contribution in [-0.4, -0.2) is 93.1 Å². The number of likely N-dealkylation sites (N-methyl/N-ethyl adjacent to an activating group) is 1. The molecule has 15 heteroatoms. The number of alkyl halides is 2. The Morgan fingerprint density at radius 3 is 2.48 bits per heavy atom. The van der Waals surface area contributed by atoms with Gasteiger partial charge in [-0.05, 0) is 68.7 Å². The second-order valence-corrected chi connectivity index (χ2v) is 12.6. The van der Waals surface area contributed by atoms with E-state index in [0.29, 0.717) is 49.4 Å². The van der Waals surface area contributed by atoms with Crippen LogP contribution >= 0.6 is 8.38 Å². The first kappa shape index (κ1) is 33.2. The first-order chi connectivity index (χ1) is 21.8. The maximum atomic E-state index is 14.2. The molecule has 4 N–H and O–H groups in total. The van der Waals surface area contributed by atoms with Crippen LogP contribution in [0.5, 0.6) is 5.75 Å². The molecule has 2 fully saturated rings. The summed E-state index contributed by atoms with van der Waals surface area (Å²) < 4.78 is 33.9. The van der Waals surface area contributed by atoms with Crippen LogP contribution in [0.4, 0.5) is 14.5 Å². The van der Waals surface area contributed by atoms with Gasteiger partial charge in [0.25, 0.3) is 5.91 Å². The largest absolute Gasteiger partial charge is 0.494 e. The van der Waals surface area contributed by atoms with Crippen LogP contribution < -0.4 is 15.0 Å². The van der Waals surface area contributed by atoms with Crippen molar-refractivity contribution in [3.63, 3.8) is 0 Å². The van der Waals surface area contributed by atoms with E-state index >= 15 is 0 Å². The Hall–Kier alpha value is -4.13. The maximum absolute atomic E-state index is 14.2. The molecule has 0 aliphatic carbocycles. The number of anilines is 1. The third-order valence-electron chi connectivity index (χ3n) is 8.56. The Morgan fingerprint density at radius 1 is 1.11 bits per heavy atom. The van der Waals surface area contributed by atoms with Gasteiger partial charge in [0.1, 0.15) is 23.5 Å². The number of carbonyl (C=O) groups is 4. The van der Waals surface area contributed by atoms with Gasteiger partial charge in [0.15, 0.2) is 0 Å². The summed E-state index contributed by atoms with van der Waals surface area (Å²) in [6.45, 7) is 3.96. The fraction of sp³-hybridized carbons (Fsp3) is 0.419. The summed E-state index contributed by atoms with van der Waals surface area (Å²) in [5, 5.41) is 2.91. The molecule has 3 heterocycles. The summed E-state index contributed by atoms with van der Waals surface area (Å²) >= 11 is 0. The van der Waals surface area contributed by atoms with Crippen molar-refractivity contribution in [2.75, 3.05) is 31.6 Å². The van der Waals surface area contributed by atoms with Crippen molar-refractivity contribution < 1.29 is 42.5 Å². The van der Waals surface area contributed by atoms with Crippen molar-refractivity contribution in [1.82, 2.24) is 20.1 Å². The molecular weight excluding hydrogens is 623 g/mol. The molecule has 0 saturated carbocycles. The zero-order chi connectivity index (χ0) is 33.3. The minimum atomic E-state index is -3.87. The molecule has 0 radical (unpaired) electrons. The van der Waals surface area contributed by atoms with Gasteiger partial charge in [-0.25, -0.2) is 0 Å². The molecule has 3 aromatic rings. The molecule has 12 nitrogen and oxygen atoms in total. The second-order valence-electron chi connectivity index (χ2n) is 11.4. The van der Waals surface area contributed by atoms with Gasteiger partial charge in [0.2, 0.25) is 26.1 Å². The molecule has 1 aromatic heterocycles. The predicted octanol–water partition coefficient (Wildman–Crippen LogP) is 3.29. The molecular formula is C31H36F2N5O7P. The van der Waals surface area contributed by atoms with Crippen LogP contribution in [0.15, 0.2) is 48.5 Å². The van der Waals surface area contributed by atoms with Crippen LogP contribution in [0.1, 0.15) is 49.2 Å². The Morgan fingerprint density at radius 2 is 1.83 bits per heavy atom. The van der Waals surface area contributed by atoms with Crippen LogP contribution in [-0.2, 0) is 20.0 Å². The van der Waals surface area contributed by atoms with Gasteiger partial charge in [-0.1, -0.05) is 6.07 Å². The number of carbonyl (C=O) groups excluding carboxylic acids is 4. The molecule has 4 amide bonds. The van der Waals surface area contributed by atoms with Gasteiger partial charge in [0.05, 0.1) is 6.61 Å². The van der Waals surface area contributed by atoms with Crippen molar-refractivity contribution in [2.45, 2.75) is 56.9 Å². The minimum absolute atomic E-state index is 0.0317. The van der Waals surface area contributed by atoms with E-state index in [-0.39, 0.29) is 35.5 Å². The van der Waals surface area contributed by atoms with Crippen molar-refractivity contribution in [3.05, 3.63) is 59.8 Å². The third kappa shape index (κ3) is 6.55. The Balaban J connectivity index is 1.39. The smallest absolute Gasteiger partial charge is 0.339 e. The van der Waals surface area contributed by atoms with Crippen molar-refractivity contribution in [2.24, 2.45) is 0 Å². The Labute approximate surface area is 265 Å². The van der Waals surface area contributed by atoms with Gasteiger partial charge in [-0.2, -0.15) is 8.78 Å². The van der Waals surface area contributed by atoms with Crippen LogP contribution in [0.2, 0.25) is 0 Å². The van der Waals surface area contributed by atoms with Gasteiger partial charge in [0, 0.05) is 55.3 Å². The van der Waals surface area contributed by atoms with E-state index in [0.717, 1.165) is 12.1 Å². The van der Waals surface area contributed by atoms with Crippen molar-refractivity contribution in [3.8, 4) is 5.75 Å². The zero-order valence-electron chi connectivity index (χ0n) is 25.6. The summed E-state index contributed by atoms with van der Waals surface area (Å²) in [6, 6.07) is 9.42. The summed E-state index contributed by atoms with van der Waals surface area (Å²) in [5.74, 6) is -1.11. The lowest BCUT2D eigenvalue weighted by atomic mass is 10.1. The Kier molecular flexibility index (Phi) is 9.62. The number of halogens is 2. The Bertz CT molecular complexity index is 1630. The van der Waals surface area contributed by atoms with Crippen molar-refractivity contribution in [1.29, 1.82) is 0 Å². The number of aromatic amines is 1. The first-order valence-corrected chi connectivity index (χ1v) is 16.1. The lowest BCUT2D eigenvalue weighted by Gasteiger charge is -2.39. The van der Waals surface area contributed by atoms with Crippen LogP contribution in [0.25, 0.3) is 10.9 Å². The normalized spacial score (nSPS) is 20.3. The number of hydrogen-bond donors (Lipinski definition) is 4. The number of H-pyrrole nitrogens is 1. The summed E-state index contributed by atoms with van der Waals surface area (Å²) in [5.41, 5.74) is -3.57. The van der Waals surface area contributed by atoms with Crippen molar-refractivity contribution >= 4 is 48.6 Å². The lowest BCUT2D eigenvalue weighted by molar-refractivity contribution is -0.144. The van der Waals surface area contributed by atoms with E-state index in [1.54, 1.807) is 31.3 Å². The second kappa shape index (κ2) is 13.3. The van der Waals surface area contributed by atoms with Gasteiger partial charge < -0.3 is 39.5 Å². The molecule has 46 heavy (non-hydrogen) atoms. The standard InChI is InChI=1S/C31H36F2N5O7P/c1-4-45-23-9-6-21(7-10-23)36(3)30(42)27-12-8-22-13-14-37(18(2)39)17-26(29(41)38(22)27)35-28(40)25-16-19-15-20(5-11-24(19)34-25)31(32,33)46(43)44/h5-7,9-11,15-16,22,26-27,34,43-44H,4,8,12-14,17H2,1-3H3,(H,35,40)/t22-,26+,27+/m1/s1. The topological polar surface area (TPSA) is 156 Å². The highest BCUT2D eigenvalue weighted by molar-refractivity contribution is 7.46. The third-order valence-corrected chi connectivity index (χ3v) is 9.32. The number of hydrogen-bond acceptors (Lipinski definition) is 7. The van der Waals surface area contributed by atoms with E-state index in [1.807, 2.05) is 6.92 Å². The molecule has 2 saturated heterocycles. The number of nitrogens with zero attached hydrogens (tertiary/aromatic N) is 3. The molecule has 2 aliphatic heterocycles. The quantitative estimate of drug-likeness (QED) is 0.271. The summed E-state index contributed by atoms with van der Waals surface area (Å²) in [4.78, 5) is 79.5. The predicted molar refractivity (Wildman–Crippen MR) is 166 cm³/mol. The van der Waals surface area contributed by atoms with Gasteiger partial charge in [-0.15, -0.1) is 0 Å². The molecule has 2 aromatic carbocycles. The number of amides is 4. The van der Waals surface area contributed by atoms with E-state index in [4.69, 9.17) is 14.5 Å². The maximum Gasteiger partial charge on any atom is 0.339 e. The lowest BCUT2D eigenvalue weighted by Crippen LogP contribution is -2.61. The molecule has 0 unspecified atom stereocenters. The SMILES string of the molecule is CCOc1ccc(N(C)C(=O)[C@@H]2CC[C@@H]3CCN(C(C)=O)C[C@H](NC(=O)c4cc5cc(C(F)(F)P(O)O)ccc5[nH]4)C(=O)N32)cc1. The molecule has 0 bridgehead atoms. The molecule has 0 spiro atoms. The molecule has 5 rings (SSSR count). The first-order valence-electron chi connectivity index (χ1n) is 14.9. The molecule has 3 atom stereocenters. The van der Waals surface area contributed by atoms with E-state index in [1.165, 1.54) is 33.8 Å². The highest BCUT2D eigenvalue weighted by Crippen LogP contribution is 2.52. The fourth-order valence-corrected chi connectivity index (χ4v) is 6.46. The highest BCUT2D eigenvalue weighted by atomic mass is 31.2. The number of ether oxygens (including phenoxy) is 1. The number of benzene rings is 2. The van der Waals surface area contributed by atoms with Crippen LogP contribution in [0, 0.1) is 0 Å².